The van der Waals surface area contributed by atoms with Gasteiger partial charge in [0.05, 0.1) is 35.7 Å². The summed E-state index contributed by atoms with van der Waals surface area (Å²) in [5.41, 5.74) is -0.253. The lowest BCUT2D eigenvalue weighted by Gasteiger charge is -2.34. The summed E-state index contributed by atoms with van der Waals surface area (Å²) >= 11 is 0. The second-order valence-electron chi connectivity index (χ2n) is 11.2. The number of amides is 1. The Morgan fingerprint density at radius 3 is 2.17 bits per heavy atom. The number of nitro groups is 1. The lowest BCUT2D eigenvalue weighted by Crippen LogP contribution is -2.51. The molecule has 3 rings (SSSR count). The van der Waals surface area contributed by atoms with E-state index in [1.807, 2.05) is 0 Å². The standard InChI is InChI=1S/C31H37N3O11S/c1-31(2,17-18-44-30(38)45-25-11-9-23(10-12-25)34(39)40)21-33(46(41,42)26-15-13-24(43-3)14-16-26)20-28(35)27(32-29(36)37)19-22-7-5-4-6-8-22/h4-16,27-28,32,35H,17-21H2,1-3H3,(H,36,37)/t27-,28-/m0/s1. The number of hydrogen-bond acceptors (Lipinski definition) is 10. The summed E-state index contributed by atoms with van der Waals surface area (Å²) in [4.78, 5) is 34.0. The van der Waals surface area contributed by atoms with Crippen molar-refractivity contribution >= 4 is 28.0 Å². The first-order valence-electron chi connectivity index (χ1n) is 14.1. The molecule has 46 heavy (non-hydrogen) atoms. The van der Waals surface area contributed by atoms with Crippen LogP contribution in [0.4, 0.5) is 15.3 Å². The molecule has 0 saturated heterocycles. The van der Waals surface area contributed by atoms with Gasteiger partial charge in [0.1, 0.15) is 11.5 Å². The first kappa shape index (κ1) is 35.7. The zero-order valence-electron chi connectivity index (χ0n) is 25.6. The van der Waals surface area contributed by atoms with Gasteiger partial charge in [-0.1, -0.05) is 44.2 Å². The van der Waals surface area contributed by atoms with Gasteiger partial charge in [0.15, 0.2) is 0 Å². The molecule has 0 radical (unpaired) electrons. The number of benzene rings is 3. The topological polar surface area (TPSA) is 195 Å². The third kappa shape index (κ3) is 10.7. The summed E-state index contributed by atoms with van der Waals surface area (Å²) in [6.45, 7) is 2.76. The van der Waals surface area contributed by atoms with Crippen LogP contribution in [0.1, 0.15) is 25.8 Å². The van der Waals surface area contributed by atoms with Crippen LogP contribution >= 0.6 is 0 Å². The Morgan fingerprint density at radius 1 is 1.00 bits per heavy atom. The quantitative estimate of drug-likeness (QED) is 0.0850. The van der Waals surface area contributed by atoms with Gasteiger partial charge in [-0.05, 0) is 60.2 Å². The fraction of sp³-hybridized carbons (Fsp3) is 0.355. The summed E-state index contributed by atoms with van der Waals surface area (Å²) in [5.74, 6) is 0.484. The van der Waals surface area contributed by atoms with Gasteiger partial charge in [-0.3, -0.25) is 10.1 Å². The van der Waals surface area contributed by atoms with Gasteiger partial charge in [0, 0.05) is 25.2 Å². The molecule has 14 nitrogen and oxygen atoms in total. The third-order valence-corrected chi connectivity index (χ3v) is 8.84. The van der Waals surface area contributed by atoms with Crippen molar-refractivity contribution in [2.24, 2.45) is 5.41 Å². The minimum Gasteiger partial charge on any atom is -0.497 e. The van der Waals surface area contributed by atoms with Crippen molar-refractivity contribution in [2.45, 2.75) is 43.7 Å². The Labute approximate surface area is 266 Å². The van der Waals surface area contributed by atoms with Gasteiger partial charge in [0.25, 0.3) is 5.69 Å². The molecule has 0 fully saturated rings. The van der Waals surface area contributed by atoms with E-state index in [0.29, 0.717) is 5.75 Å². The van der Waals surface area contributed by atoms with Crippen LogP contribution in [-0.2, 0) is 21.2 Å². The van der Waals surface area contributed by atoms with Crippen LogP contribution in [0.3, 0.4) is 0 Å². The first-order valence-corrected chi connectivity index (χ1v) is 15.6. The number of methoxy groups -OCH3 is 1. The molecule has 2 atom stereocenters. The predicted molar refractivity (Wildman–Crippen MR) is 166 cm³/mol. The number of aliphatic hydroxyl groups excluding tert-OH is 1. The zero-order valence-corrected chi connectivity index (χ0v) is 26.4. The molecule has 0 aromatic heterocycles. The number of hydrogen-bond donors (Lipinski definition) is 3. The Morgan fingerprint density at radius 2 is 1.61 bits per heavy atom. The normalized spacial score (nSPS) is 13.0. The van der Waals surface area contributed by atoms with Crippen molar-refractivity contribution in [3.05, 3.63) is 94.5 Å². The summed E-state index contributed by atoms with van der Waals surface area (Å²) < 4.78 is 44.2. The highest BCUT2D eigenvalue weighted by molar-refractivity contribution is 7.89. The first-order chi connectivity index (χ1) is 21.7. The van der Waals surface area contributed by atoms with E-state index in [0.717, 1.165) is 9.87 Å². The van der Waals surface area contributed by atoms with Gasteiger partial charge in [0.2, 0.25) is 10.0 Å². The third-order valence-electron chi connectivity index (χ3n) is 7.01. The van der Waals surface area contributed by atoms with E-state index in [4.69, 9.17) is 14.2 Å². The smallest absolute Gasteiger partial charge is 0.497 e. The number of nitro benzene ring substituents is 1. The summed E-state index contributed by atoms with van der Waals surface area (Å²) in [6, 6.07) is 18.4. The maximum absolute atomic E-state index is 13.9. The lowest BCUT2D eigenvalue weighted by atomic mass is 9.89. The highest BCUT2D eigenvalue weighted by atomic mass is 32.2. The summed E-state index contributed by atoms with van der Waals surface area (Å²) in [5, 5.41) is 33.8. The molecule has 0 unspecified atom stereocenters. The van der Waals surface area contributed by atoms with E-state index in [1.54, 1.807) is 44.2 Å². The van der Waals surface area contributed by atoms with Crippen LogP contribution in [0.2, 0.25) is 0 Å². The second-order valence-corrected chi connectivity index (χ2v) is 13.1. The van der Waals surface area contributed by atoms with Crippen LogP contribution < -0.4 is 14.8 Å². The van der Waals surface area contributed by atoms with Crippen molar-refractivity contribution in [3.63, 3.8) is 0 Å². The Bertz CT molecular complexity index is 1570. The molecule has 0 aliphatic carbocycles. The number of nitrogens with one attached hydrogen (secondary N) is 1. The highest BCUT2D eigenvalue weighted by Crippen LogP contribution is 2.28. The maximum atomic E-state index is 13.9. The largest absolute Gasteiger partial charge is 0.513 e. The molecule has 248 valence electrons. The van der Waals surface area contributed by atoms with Crippen molar-refractivity contribution < 1.29 is 47.4 Å². The van der Waals surface area contributed by atoms with Gasteiger partial charge in [-0.15, -0.1) is 0 Å². The summed E-state index contributed by atoms with van der Waals surface area (Å²) in [7, 11) is -2.77. The molecule has 3 N–H and O–H groups in total. The number of aliphatic hydroxyl groups is 1. The van der Waals surface area contributed by atoms with Crippen LogP contribution in [0.5, 0.6) is 11.5 Å². The van der Waals surface area contributed by atoms with Gasteiger partial charge in [-0.2, -0.15) is 4.31 Å². The number of carbonyl (C=O) groups is 2. The molecular weight excluding hydrogens is 622 g/mol. The van der Waals surface area contributed by atoms with E-state index in [-0.39, 0.29) is 42.3 Å². The van der Waals surface area contributed by atoms with Crippen molar-refractivity contribution in [2.75, 3.05) is 26.8 Å². The molecular formula is C31H37N3O11S. The van der Waals surface area contributed by atoms with Crippen LogP contribution in [0, 0.1) is 15.5 Å². The Hall–Kier alpha value is -4.73. The van der Waals surface area contributed by atoms with E-state index in [1.165, 1.54) is 55.6 Å². The summed E-state index contributed by atoms with van der Waals surface area (Å²) in [6.07, 6.45) is -3.57. The Balaban J connectivity index is 1.76. The molecule has 1 amide bonds. The molecule has 3 aromatic carbocycles. The van der Waals surface area contributed by atoms with Gasteiger partial charge in [-0.25, -0.2) is 18.0 Å². The molecule has 0 saturated carbocycles. The maximum Gasteiger partial charge on any atom is 0.513 e. The lowest BCUT2D eigenvalue weighted by molar-refractivity contribution is -0.384. The molecule has 0 heterocycles. The average molecular weight is 660 g/mol. The number of carbonyl (C=O) groups excluding carboxylic acids is 1. The van der Waals surface area contributed by atoms with Crippen LogP contribution in [0.25, 0.3) is 0 Å². The fourth-order valence-corrected chi connectivity index (χ4v) is 6.17. The molecule has 0 spiro atoms. The molecule has 15 heteroatoms. The van der Waals surface area contributed by atoms with Gasteiger partial charge < -0.3 is 29.7 Å². The number of ether oxygens (including phenoxy) is 3. The number of sulfonamides is 1. The number of non-ortho nitro benzene ring substituents is 1. The average Bonchev–Trinajstić information content (AvgIpc) is 3.00. The number of rotatable bonds is 16. The monoisotopic (exact) mass is 659 g/mol. The predicted octanol–water partition coefficient (Wildman–Crippen LogP) is 4.47. The van der Waals surface area contributed by atoms with Crippen LogP contribution in [0.15, 0.2) is 83.8 Å². The van der Waals surface area contributed by atoms with E-state index >= 15 is 0 Å². The number of nitrogens with zero attached hydrogens (tertiary/aromatic N) is 2. The molecule has 0 aliphatic rings. The Kier molecular flexibility index (Phi) is 12.4. The van der Waals surface area contributed by atoms with Crippen molar-refractivity contribution in [1.82, 2.24) is 9.62 Å². The zero-order chi connectivity index (χ0) is 33.9. The molecule has 0 bridgehead atoms. The number of carboxylic acid groups (broad SMARTS) is 1. The molecule has 3 aromatic rings. The van der Waals surface area contributed by atoms with Crippen molar-refractivity contribution in [3.8, 4) is 11.5 Å². The van der Waals surface area contributed by atoms with E-state index < -0.39 is 51.3 Å². The second kappa shape index (κ2) is 16.0. The fourth-order valence-electron chi connectivity index (χ4n) is 4.52. The minimum atomic E-state index is -4.22. The van der Waals surface area contributed by atoms with Crippen molar-refractivity contribution in [1.29, 1.82) is 0 Å². The SMILES string of the molecule is COc1ccc(S(=O)(=O)N(C[C@H](O)[C@H](Cc2ccccc2)NC(=O)O)CC(C)(C)CCOC(=O)Oc2ccc([N+](=O)[O-])cc2)cc1. The minimum absolute atomic E-state index is 0.0423. The highest BCUT2D eigenvalue weighted by Gasteiger charge is 2.35. The molecule has 0 aliphatic heterocycles. The van der Waals surface area contributed by atoms with E-state index in [9.17, 15) is 38.3 Å². The van der Waals surface area contributed by atoms with Gasteiger partial charge >= 0.3 is 12.2 Å². The van der Waals surface area contributed by atoms with Crippen LogP contribution in [-0.4, -0.2) is 79.1 Å². The van der Waals surface area contributed by atoms with E-state index in [2.05, 4.69) is 5.32 Å².